The number of carbonyl (C=O) groups excluding carboxylic acids is 2. The summed E-state index contributed by atoms with van der Waals surface area (Å²) in [5, 5.41) is 24.3. The zero-order chi connectivity index (χ0) is 77.7. The Balaban J connectivity index is 0.000000243. The summed E-state index contributed by atoms with van der Waals surface area (Å²) in [6.07, 6.45) is 11.6. The monoisotopic (exact) mass is 2210 g/mol. The van der Waals surface area contributed by atoms with Crippen LogP contribution in [0.15, 0.2) is 314 Å². The molecule has 0 bridgehead atoms. The fourth-order valence-corrected chi connectivity index (χ4v) is 12.6. The van der Waals surface area contributed by atoms with Crippen LogP contribution >= 0.6 is 0 Å². The maximum atomic E-state index is 10.0. The molecule has 15 rings (SSSR count). The molecule has 0 saturated carbocycles. The van der Waals surface area contributed by atoms with Crippen LogP contribution in [0, 0.1) is 71.0 Å². The zero-order valence-corrected chi connectivity index (χ0v) is 75.5. The van der Waals surface area contributed by atoms with Gasteiger partial charge in [-0.3, -0.25) is 19.6 Å². The van der Waals surface area contributed by atoms with Gasteiger partial charge in [0.2, 0.25) is 0 Å². The van der Waals surface area contributed by atoms with Gasteiger partial charge in [-0.25, -0.2) is 0 Å². The topological polar surface area (TPSA) is 151 Å². The quantitative estimate of drug-likeness (QED) is 0.0424. The SMILES string of the molecule is CC(=O)C=C(C)O.CC(=O)C=C(C)O.Cc1[c-]c(-c2ccc3cc([Si](C)(C)C)ccc3n2)cc(C)c1.Cc1cc[c-]c(-c2cc3ccccc3cn2)c1.Cc1cc[c-]c(-c2ncc3ccccc3c2C)c1.[Ir].[Ir].[Ir].[Pt+2].[c-]1c(C=Nc2ccccc2-c2[c-]cccc2)cccc1-c1ccccn1.[c-]1ccccc1-c1ccccn1. The van der Waals surface area contributed by atoms with E-state index in [0.29, 0.717) is 0 Å². The number of aromatic nitrogens is 5. The van der Waals surface area contributed by atoms with E-state index in [4.69, 9.17) is 20.2 Å². The van der Waals surface area contributed by atoms with E-state index in [1.54, 1.807) is 12.4 Å². The van der Waals surface area contributed by atoms with Crippen molar-refractivity contribution in [3.8, 4) is 67.4 Å². The molecule has 0 aliphatic carbocycles. The number of aliphatic hydroxyl groups excluding tert-OH is 2. The number of aliphatic imine (C=N–C) groups is 1. The van der Waals surface area contributed by atoms with Crippen molar-refractivity contribution in [3.05, 3.63) is 379 Å². The van der Waals surface area contributed by atoms with Crippen LogP contribution in [0.5, 0.6) is 0 Å². The predicted molar refractivity (Wildman–Crippen MR) is 454 cm³/mol. The van der Waals surface area contributed by atoms with Gasteiger partial charge in [-0.1, -0.05) is 191 Å². The van der Waals surface area contributed by atoms with Crippen molar-refractivity contribution < 1.29 is 101 Å². The number of para-hydroxylation sites is 1. The molecule has 5 aromatic heterocycles. The van der Waals surface area contributed by atoms with Gasteiger partial charge in [0, 0.05) is 109 Å². The van der Waals surface area contributed by atoms with E-state index in [2.05, 4.69) is 214 Å². The van der Waals surface area contributed by atoms with Gasteiger partial charge in [0.25, 0.3) is 0 Å². The van der Waals surface area contributed by atoms with Crippen LogP contribution in [-0.4, -0.2) is 61.0 Å². The Morgan fingerprint density at radius 1 is 0.416 bits per heavy atom. The van der Waals surface area contributed by atoms with Crippen molar-refractivity contribution in [1.82, 2.24) is 24.9 Å². The average Bonchev–Trinajstić information content (AvgIpc) is 0.808. The Kier molecular flexibility index (Phi) is 39.0. The number of pyridine rings is 5. The molecular weight excluding hydrogens is 2120 g/mol. The molecule has 3 radical (unpaired) electrons. The molecule has 0 aliphatic rings. The van der Waals surface area contributed by atoms with Gasteiger partial charge in [-0.15, -0.1) is 207 Å². The van der Waals surface area contributed by atoms with Crippen molar-refractivity contribution in [3.63, 3.8) is 0 Å². The largest absolute Gasteiger partial charge is 2.00 e. The van der Waals surface area contributed by atoms with Crippen molar-refractivity contribution in [2.24, 2.45) is 4.99 Å². The second-order valence-corrected chi connectivity index (χ2v) is 32.1. The number of aryl methyl sites for hydroxylation is 5. The van der Waals surface area contributed by atoms with Crippen LogP contribution < -0.4 is 5.19 Å². The van der Waals surface area contributed by atoms with E-state index in [1.165, 1.54) is 94.2 Å². The first-order valence-electron chi connectivity index (χ1n) is 35.8. The summed E-state index contributed by atoms with van der Waals surface area (Å²) >= 11 is 0. The number of nitrogens with zero attached hydrogens (tertiary/aromatic N) is 6. The Morgan fingerprint density at radius 3 is 1.54 bits per heavy atom. The normalized spacial score (nSPS) is 10.6. The number of benzene rings is 10. The Bertz CT molecular complexity index is 5540. The van der Waals surface area contributed by atoms with Crippen LogP contribution in [0.1, 0.15) is 61.1 Å². The predicted octanol–water partition coefficient (Wildman–Crippen LogP) is 23.6. The maximum absolute atomic E-state index is 10.0. The molecule has 0 saturated heterocycles. The maximum Gasteiger partial charge on any atom is 2.00 e. The van der Waals surface area contributed by atoms with Gasteiger partial charge in [0.1, 0.15) is 0 Å². The van der Waals surface area contributed by atoms with E-state index in [9.17, 15) is 9.59 Å². The first kappa shape index (κ1) is 93.3. The molecule has 2 N–H and O–H groups in total. The van der Waals surface area contributed by atoms with E-state index in [-0.39, 0.29) is 104 Å². The molecule has 0 amide bonds. The number of aliphatic hydroxyl groups is 2. The second kappa shape index (κ2) is 47.3. The van der Waals surface area contributed by atoms with Crippen LogP contribution in [-0.2, 0) is 91.0 Å². The number of hydrogen-bond acceptors (Lipinski definition) is 10. The van der Waals surface area contributed by atoms with Crippen LogP contribution in [0.25, 0.3) is 99.9 Å². The molecule has 579 valence electrons. The van der Waals surface area contributed by atoms with Crippen LogP contribution in [0.3, 0.4) is 0 Å². The van der Waals surface area contributed by atoms with Crippen molar-refractivity contribution in [2.75, 3.05) is 0 Å². The molecule has 0 fully saturated rings. The summed E-state index contributed by atoms with van der Waals surface area (Å²) in [5.41, 5.74) is 21.1. The first-order chi connectivity index (χ1) is 52.5. The minimum absolute atomic E-state index is 0. The molecule has 15 aromatic rings. The third-order valence-corrected chi connectivity index (χ3v) is 18.6. The molecule has 0 atom stereocenters. The minimum atomic E-state index is -1.28. The summed E-state index contributed by atoms with van der Waals surface area (Å²) in [7, 11) is -1.28. The van der Waals surface area contributed by atoms with E-state index < -0.39 is 8.07 Å². The molecule has 10 nitrogen and oxygen atoms in total. The fourth-order valence-electron chi connectivity index (χ4n) is 11.4. The molecule has 0 unspecified atom stereocenters. The van der Waals surface area contributed by atoms with Gasteiger partial charge < -0.3 is 30.2 Å². The Morgan fingerprint density at radius 2 is 0.956 bits per heavy atom. The summed E-state index contributed by atoms with van der Waals surface area (Å²) < 4.78 is 0. The molecule has 0 aliphatic heterocycles. The number of fused-ring (bicyclic) bond motifs is 3. The standard InChI is InChI=1S/C24H16N2.C20H22NSi.C17H14N.C16H12N.C11H8N.2C5H8O2.3Ir.Pt/c1-2-10-20(11-3-1)22-13-4-5-15-24(22)26-18-19-9-8-12-21(17-19)23-14-6-7-16-25-23;1-14-10-15(2)12-17(11-14)20-8-6-16-13-18(22(3,4)5)7-9-19(16)21-20;1-12-6-5-8-14(10-12)17-13(2)16-9-4-3-7-15(16)11-18-17;1-12-5-4-8-14(9-12)16-10-13-6-2-3-7-15(13)11-17-16;1-2-6-10(7-3-1)11-8-4-5-9-12-11;2*1-4(6)3-5(2)7;;;;/h1-10,12-16,18H;6-11,13H,1-5H3;3-7,9-11H,1-2H3;2-7,9-11H,1H3;1-6,8-9H;2*3,6H,1-2H3;;;;/q-2;4*-1;;;;;;+2. The van der Waals surface area contributed by atoms with Gasteiger partial charge in [-0.2, -0.15) is 0 Å². The van der Waals surface area contributed by atoms with E-state index >= 15 is 0 Å². The smallest absolute Gasteiger partial charge is 0.512 e. The van der Waals surface area contributed by atoms with Crippen LogP contribution in [0.4, 0.5) is 5.69 Å². The molecule has 0 spiro atoms. The molecule has 113 heavy (non-hydrogen) atoms. The average molecular weight is 2210 g/mol. The van der Waals surface area contributed by atoms with Gasteiger partial charge in [-0.05, 0) is 115 Å². The summed E-state index contributed by atoms with van der Waals surface area (Å²) in [6.45, 7) is 23.3. The first-order valence-corrected chi connectivity index (χ1v) is 39.3. The molecular formula is C98H88Ir3N6O4PtSi-4. The number of hydrogen-bond donors (Lipinski definition) is 2. The number of ketones is 2. The Hall–Kier alpha value is -10.3. The minimum Gasteiger partial charge on any atom is -0.512 e. The fraction of sp³-hybridized carbons (Fsp3) is 0.122. The summed E-state index contributed by atoms with van der Waals surface area (Å²) in [4.78, 5) is 47.2. The Labute approximate surface area is 722 Å². The van der Waals surface area contributed by atoms with E-state index in [1.807, 2.05) is 176 Å². The third-order valence-electron chi connectivity index (χ3n) is 16.6. The summed E-state index contributed by atoms with van der Waals surface area (Å²) in [5.74, 6) is -0.125. The van der Waals surface area contributed by atoms with Gasteiger partial charge >= 0.3 is 21.1 Å². The molecule has 15 heteroatoms. The zero-order valence-electron chi connectivity index (χ0n) is 65.1. The van der Waals surface area contributed by atoms with Crippen molar-refractivity contribution in [1.29, 1.82) is 0 Å². The number of rotatable bonds is 11. The molecule has 5 heterocycles. The summed E-state index contributed by atoms with van der Waals surface area (Å²) in [6, 6.07) is 108. The van der Waals surface area contributed by atoms with Gasteiger partial charge in [0.15, 0.2) is 11.6 Å². The van der Waals surface area contributed by atoms with Crippen LogP contribution in [0.2, 0.25) is 19.6 Å². The van der Waals surface area contributed by atoms with Crippen molar-refractivity contribution in [2.45, 2.75) is 82.0 Å². The van der Waals surface area contributed by atoms with Gasteiger partial charge in [0.05, 0.1) is 25.1 Å². The van der Waals surface area contributed by atoms with Crippen molar-refractivity contribution >= 4 is 69.2 Å². The number of allylic oxidation sites excluding steroid dienone is 4. The molecule has 10 aromatic carbocycles. The third kappa shape index (κ3) is 29.9. The number of carbonyl (C=O) groups is 2. The second-order valence-electron chi connectivity index (χ2n) is 27.0. The van der Waals surface area contributed by atoms with E-state index in [0.717, 1.165) is 89.7 Å².